The van der Waals surface area contributed by atoms with Gasteiger partial charge in [0.25, 0.3) is 5.91 Å². The maximum Gasteiger partial charge on any atom is 0.339 e. The van der Waals surface area contributed by atoms with Gasteiger partial charge in [0, 0.05) is 11.4 Å². The monoisotopic (exact) mass is 472 g/mol. The Hall–Kier alpha value is -3.87. The second-order valence-corrected chi connectivity index (χ2v) is 8.89. The normalized spacial score (nSPS) is 16.0. The summed E-state index contributed by atoms with van der Waals surface area (Å²) in [6.45, 7) is -0.283. The first kappa shape index (κ1) is 22.9. The fraction of sp³-hybridized carbons (Fsp3) is 0.321. The van der Waals surface area contributed by atoms with Gasteiger partial charge in [-0.25, -0.2) is 9.78 Å². The van der Waals surface area contributed by atoms with Gasteiger partial charge in [0.1, 0.15) is 0 Å². The number of aromatic nitrogens is 1. The number of amides is 1. The SMILES string of the molecule is COc1ccc(C=C2CCCc3c2nc2ccccc2c3C(=O)OCC(=O)NC2CC2)cc1OC. The zero-order valence-corrected chi connectivity index (χ0v) is 19.9. The summed E-state index contributed by atoms with van der Waals surface area (Å²) in [5, 5.41) is 3.60. The number of ether oxygens (including phenoxy) is 3. The van der Waals surface area contributed by atoms with Crippen molar-refractivity contribution in [1.29, 1.82) is 0 Å². The van der Waals surface area contributed by atoms with Crippen LogP contribution in [0.15, 0.2) is 42.5 Å². The number of hydrogen-bond donors (Lipinski definition) is 1. The van der Waals surface area contributed by atoms with Crippen LogP contribution in [0.3, 0.4) is 0 Å². The lowest BCUT2D eigenvalue weighted by Gasteiger charge is -2.22. The van der Waals surface area contributed by atoms with E-state index in [0.717, 1.165) is 65.4 Å². The summed E-state index contributed by atoms with van der Waals surface area (Å²) in [5.74, 6) is 0.567. The summed E-state index contributed by atoms with van der Waals surface area (Å²) in [4.78, 5) is 30.3. The molecule has 7 nitrogen and oxygen atoms in total. The minimum atomic E-state index is -0.488. The highest BCUT2D eigenvalue weighted by molar-refractivity contribution is 6.07. The van der Waals surface area contributed by atoms with Crippen LogP contribution in [0.4, 0.5) is 0 Å². The van der Waals surface area contributed by atoms with Crippen molar-refractivity contribution in [3.63, 3.8) is 0 Å². The first-order valence-corrected chi connectivity index (χ1v) is 11.9. The van der Waals surface area contributed by atoms with Crippen molar-refractivity contribution in [2.45, 2.75) is 38.1 Å². The van der Waals surface area contributed by atoms with E-state index < -0.39 is 5.97 Å². The third-order valence-electron chi connectivity index (χ3n) is 6.40. The van der Waals surface area contributed by atoms with E-state index in [1.165, 1.54) is 0 Å². The van der Waals surface area contributed by atoms with Crippen LogP contribution in [0.25, 0.3) is 22.6 Å². The molecule has 1 saturated carbocycles. The molecule has 180 valence electrons. The molecule has 3 aromatic rings. The average Bonchev–Trinajstić information content (AvgIpc) is 3.70. The molecule has 2 aliphatic carbocycles. The Kier molecular flexibility index (Phi) is 6.40. The summed E-state index contributed by atoms with van der Waals surface area (Å²) >= 11 is 0. The number of carbonyl (C=O) groups is 2. The summed E-state index contributed by atoms with van der Waals surface area (Å²) in [6.07, 6.45) is 6.49. The zero-order chi connectivity index (χ0) is 24.4. The van der Waals surface area contributed by atoms with E-state index in [1.54, 1.807) is 14.2 Å². The molecule has 1 amide bonds. The van der Waals surface area contributed by atoms with Gasteiger partial charge in [-0.1, -0.05) is 24.3 Å². The third-order valence-corrected chi connectivity index (χ3v) is 6.40. The van der Waals surface area contributed by atoms with Crippen molar-refractivity contribution in [1.82, 2.24) is 10.3 Å². The molecule has 35 heavy (non-hydrogen) atoms. The molecule has 5 rings (SSSR count). The van der Waals surface area contributed by atoms with Crippen LogP contribution < -0.4 is 14.8 Å². The molecule has 0 radical (unpaired) electrons. The number of methoxy groups -OCH3 is 2. The van der Waals surface area contributed by atoms with Gasteiger partial charge in [-0.05, 0) is 73.1 Å². The van der Waals surface area contributed by atoms with Gasteiger partial charge < -0.3 is 19.5 Å². The summed E-state index contributed by atoms with van der Waals surface area (Å²) in [5.41, 5.74) is 4.91. The molecular weight excluding hydrogens is 444 g/mol. The van der Waals surface area contributed by atoms with Crippen LogP contribution in [-0.2, 0) is 16.0 Å². The molecule has 0 saturated heterocycles. The summed E-state index contributed by atoms with van der Waals surface area (Å²) < 4.78 is 16.3. The Balaban J connectivity index is 1.53. The number of para-hydroxylation sites is 1. The van der Waals surface area contributed by atoms with Crippen LogP contribution in [0.2, 0.25) is 0 Å². The Morgan fingerprint density at radius 3 is 2.63 bits per heavy atom. The van der Waals surface area contributed by atoms with Gasteiger partial charge in [0.15, 0.2) is 18.1 Å². The quantitative estimate of drug-likeness (QED) is 0.507. The van der Waals surface area contributed by atoms with Gasteiger partial charge in [-0.2, -0.15) is 0 Å². The Morgan fingerprint density at radius 2 is 1.86 bits per heavy atom. The topological polar surface area (TPSA) is 86.8 Å². The molecule has 1 heterocycles. The van der Waals surface area contributed by atoms with Crippen molar-refractivity contribution < 1.29 is 23.8 Å². The minimum Gasteiger partial charge on any atom is -0.493 e. The number of nitrogens with zero attached hydrogens (tertiary/aromatic N) is 1. The van der Waals surface area contributed by atoms with Crippen LogP contribution in [0, 0.1) is 0 Å². The third kappa shape index (κ3) is 4.85. The van der Waals surface area contributed by atoms with Gasteiger partial charge in [0.2, 0.25) is 0 Å². The van der Waals surface area contributed by atoms with Crippen LogP contribution in [0.1, 0.15) is 52.9 Å². The highest BCUT2D eigenvalue weighted by Gasteiger charge is 2.27. The molecule has 1 N–H and O–H groups in total. The second kappa shape index (κ2) is 9.78. The number of hydrogen-bond acceptors (Lipinski definition) is 6. The van der Waals surface area contributed by atoms with Gasteiger partial charge in [-0.3, -0.25) is 4.79 Å². The molecule has 2 aliphatic rings. The van der Waals surface area contributed by atoms with Crippen LogP contribution >= 0.6 is 0 Å². The lowest BCUT2D eigenvalue weighted by Crippen LogP contribution is -2.30. The summed E-state index contributed by atoms with van der Waals surface area (Å²) in [7, 11) is 3.22. The molecule has 7 heteroatoms. The molecule has 0 unspecified atom stereocenters. The Bertz CT molecular complexity index is 1330. The van der Waals surface area contributed by atoms with E-state index in [1.807, 2.05) is 42.5 Å². The van der Waals surface area contributed by atoms with E-state index in [2.05, 4.69) is 11.4 Å². The molecule has 1 aromatic heterocycles. The lowest BCUT2D eigenvalue weighted by atomic mass is 9.86. The first-order valence-electron chi connectivity index (χ1n) is 11.9. The van der Waals surface area contributed by atoms with Crippen molar-refractivity contribution in [3.05, 3.63) is 64.8 Å². The number of esters is 1. The molecule has 0 spiro atoms. The summed E-state index contributed by atoms with van der Waals surface area (Å²) in [6, 6.07) is 13.6. The maximum atomic E-state index is 13.3. The van der Waals surface area contributed by atoms with E-state index in [-0.39, 0.29) is 18.6 Å². The van der Waals surface area contributed by atoms with Gasteiger partial charge >= 0.3 is 5.97 Å². The predicted octanol–water partition coefficient (Wildman–Crippen LogP) is 4.56. The van der Waals surface area contributed by atoms with Crippen molar-refractivity contribution in [3.8, 4) is 11.5 Å². The number of fused-ring (bicyclic) bond motifs is 2. The lowest BCUT2D eigenvalue weighted by molar-refractivity contribution is -0.124. The standard InChI is InChI=1S/C28H28N2O5/c1-33-23-13-10-17(15-24(23)34-2)14-18-6-5-8-21-26(20-7-3-4-9-22(20)30-27(18)21)28(32)35-16-25(31)29-19-11-12-19/h3-4,7,9-10,13-15,19H,5-6,8,11-12,16H2,1-2H3,(H,29,31). The molecular formula is C28H28N2O5. The fourth-order valence-electron chi connectivity index (χ4n) is 4.55. The van der Waals surface area contributed by atoms with E-state index >= 15 is 0 Å². The molecule has 0 bridgehead atoms. The minimum absolute atomic E-state index is 0.222. The zero-order valence-electron chi connectivity index (χ0n) is 19.9. The van der Waals surface area contributed by atoms with Gasteiger partial charge in [-0.15, -0.1) is 0 Å². The van der Waals surface area contributed by atoms with Crippen LogP contribution in [0.5, 0.6) is 11.5 Å². The molecule has 0 aliphatic heterocycles. The van der Waals surface area contributed by atoms with E-state index in [4.69, 9.17) is 19.2 Å². The average molecular weight is 473 g/mol. The maximum absolute atomic E-state index is 13.3. The number of nitrogens with one attached hydrogen (secondary N) is 1. The fourth-order valence-corrected chi connectivity index (χ4v) is 4.55. The molecule has 1 fully saturated rings. The van der Waals surface area contributed by atoms with Crippen molar-refractivity contribution >= 4 is 34.4 Å². The first-order chi connectivity index (χ1) is 17.1. The Morgan fingerprint density at radius 1 is 1.06 bits per heavy atom. The second-order valence-electron chi connectivity index (χ2n) is 8.89. The Labute approximate surface area is 204 Å². The number of benzene rings is 2. The van der Waals surface area contributed by atoms with Gasteiger partial charge in [0.05, 0.1) is 31.0 Å². The molecule has 2 aromatic carbocycles. The highest BCUT2D eigenvalue weighted by atomic mass is 16.5. The number of pyridine rings is 1. The van der Waals surface area contributed by atoms with E-state index in [9.17, 15) is 9.59 Å². The van der Waals surface area contributed by atoms with Crippen molar-refractivity contribution in [2.24, 2.45) is 0 Å². The van der Waals surface area contributed by atoms with Crippen molar-refractivity contribution in [2.75, 3.05) is 20.8 Å². The smallest absolute Gasteiger partial charge is 0.339 e. The van der Waals surface area contributed by atoms with Crippen LogP contribution in [-0.4, -0.2) is 43.7 Å². The largest absolute Gasteiger partial charge is 0.493 e. The number of carbonyl (C=O) groups excluding carboxylic acids is 2. The molecule has 0 atom stereocenters. The van der Waals surface area contributed by atoms with E-state index in [0.29, 0.717) is 17.1 Å². The predicted molar refractivity (Wildman–Crippen MR) is 134 cm³/mol. The number of rotatable bonds is 7. The highest BCUT2D eigenvalue weighted by Crippen LogP contribution is 2.37. The number of allylic oxidation sites excluding steroid dienone is 1.